The van der Waals surface area contributed by atoms with Crippen LogP contribution in [0.2, 0.25) is 0 Å². The number of hydrogen-bond donors (Lipinski definition) is 2. The molecule has 0 aliphatic heterocycles. The second-order valence-electron chi connectivity index (χ2n) is 4.80. The molecule has 0 aromatic heterocycles. The van der Waals surface area contributed by atoms with E-state index < -0.39 is 12.0 Å². The van der Waals surface area contributed by atoms with Gasteiger partial charge in [0.25, 0.3) is 0 Å². The number of rotatable bonds is 6. The van der Waals surface area contributed by atoms with Gasteiger partial charge < -0.3 is 5.11 Å². The van der Waals surface area contributed by atoms with E-state index in [1.807, 2.05) is 6.92 Å². The molecule has 2 atom stereocenters. The monoisotopic (exact) mass is 251 g/mol. The fourth-order valence-corrected chi connectivity index (χ4v) is 2.24. The number of hydrogen-bond acceptors (Lipinski definition) is 2. The molecular formula is C14H18FNO2. The van der Waals surface area contributed by atoms with Crippen molar-refractivity contribution >= 4 is 5.97 Å². The number of nitrogens with one attached hydrogen (secondary N) is 1. The van der Waals surface area contributed by atoms with Gasteiger partial charge >= 0.3 is 5.97 Å². The molecule has 0 saturated heterocycles. The van der Waals surface area contributed by atoms with E-state index >= 15 is 0 Å². The Morgan fingerprint density at radius 1 is 1.50 bits per heavy atom. The largest absolute Gasteiger partial charge is 0.480 e. The van der Waals surface area contributed by atoms with Gasteiger partial charge in [0, 0.05) is 11.6 Å². The van der Waals surface area contributed by atoms with Crippen LogP contribution in [0.1, 0.15) is 37.8 Å². The van der Waals surface area contributed by atoms with Crippen molar-refractivity contribution in [2.75, 3.05) is 0 Å². The van der Waals surface area contributed by atoms with Gasteiger partial charge in [-0.25, -0.2) is 4.39 Å². The minimum atomic E-state index is -0.840. The summed E-state index contributed by atoms with van der Waals surface area (Å²) in [7, 11) is 0. The lowest BCUT2D eigenvalue weighted by molar-refractivity contribution is -0.140. The van der Waals surface area contributed by atoms with Crippen LogP contribution in [-0.2, 0) is 4.79 Å². The molecule has 1 aromatic carbocycles. The van der Waals surface area contributed by atoms with Gasteiger partial charge in [-0.2, -0.15) is 0 Å². The fourth-order valence-electron chi connectivity index (χ4n) is 2.24. The van der Waals surface area contributed by atoms with Crippen molar-refractivity contribution in [3.8, 4) is 0 Å². The van der Waals surface area contributed by atoms with Crippen LogP contribution in [0.15, 0.2) is 24.3 Å². The van der Waals surface area contributed by atoms with Gasteiger partial charge in [-0.15, -0.1) is 0 Å². The summed E-state index contributed by atoms with van der Waals surface area (Å²) < 4.78 is 13.7. The molecule has 1 aliphatic rings. The van der Waals surface area contributed by atoms with E-state index in [-0.39, 0.29) is 17.8 Å². The molecule has 0 radical (unpaired) electrons. The predicted octanol–water partition coefficient (Wildman–Crippen LogP) is 2.73. The van der Waals surface area contributed by atoms with Crippen molar-refractivity contribution < 1.29 is 14.3 Å². The zero-order valence-corrected chi connectivity index (χ0v) is 10.4. The van der Waals surface area contributed by atoms with Crippen molar-refractivity contribution in [3.63, 3.8) is 0 Å². The Balaban J connectivity index is 2.13. The second kappa shape index (κ2) is 5.48. The smallest absolute Gasteiger partial charge is 0.320 e. The first-order valence-corrected chi connectivity index (χ1v) is 6.36. The summed E-state index contributed by atoms with van der Waals surface area (Å²) in [6, 6.07) is 5.73. The molecule has 0 amide bonds. The first-order valence-electron chi connectivity index (χ1n) is 6.36. The van der Waals surface area contributed by atoms with Gasteiger partial charge in [0.05, 0.1) is 0 Å². The molecule has 2 unspecified atom stereocenters. The Morgan fingerprint density at radius 2 is 2.17 bits per heavy atom. The number of carboxylic acids is 1. The van der Waals surface area contributed by atoms with E-state index in [1.54, 1.807) is 18.2 Å². The highest BCUT2D eigenvalue weighted by atomic mass is 19.1. The highest BCUT2D eigenvalue weighted by Gasteiger charge is 2.37. The number of benzene rings is 1. The Kier molecular flexibility index (Phi) is 3.97. The van der Waals surface area contributed by atoms with Crippen LogP contribution in [0.3, 0.4) is 0 Å². The molecule has 1 saturated carbocycles. The first-order chi connectivity index (χ1) is 8.63. The van der Waals surface area contributed by atoms with E-state index in [0.717, 1.165) is 12.8 Å². The number of halogens is 1. The van der Waals surface area contributed by atoms with Crippen LogP contribution in [0.4, 0.5) is 4.39 Å². The van der Waals surface area contributed by atoms with Gasteiger partial charge in [-0.05, 0) is 31.2 Å². The van der Waals surface area contributed by atoms with Crippen LogP contribution >= 0.6 is 0 Å². The molecule has 18 heavy (non-hydrogen) atoms. The lowest BCUT2D eigenvalue weighted by Crippen LogP contribution is -2.41. The normalized spacial score (nSPS) is 18.3. The predicted molar refractivity (Wildman–Crippen MR) is 66.7 cm³/mol. The van der Waals surface area contributed by atoms with E-state index in [2.05, 4.69) is 5.32 Å². The average Bonchev–Trinajstić information content (AvgIpc) is 3.16. The quantitative estimate of drug-likeness (QED) is 0.817. The number of aliphatic carboxylic acids is 1. The van der Waals surface area contributed by atoms with Crippen LogP contribution < -0.4 is 5.32 Å². The lowest BCUT2D eigenvalue weighted by Gasteiger charge is -2.23. The summed E-state index contributed by atoms with van der Waals surface area (Å²) in [6.45, 7) is 1.93. The van der Waals surface area contributed by atoms with Crippen LogP contribution in [0.25, 0.3) is 0 Å². The third-order valence-electron chi connectivity index (χ3n) is 3.43. The van der Waals surface area contributed by atoms with E-state index in [1.165, 1.54) is 6.07 Å². The van der Waals surface area contributed by atoms with E-state index in [0.29, 0.717) is 12.0 Å². The Hall–Kier alpha value is -1.42. The zero-order valence-electron chi connectivity index (χ0n) is 10.4. The van der Waals surface area contributed by atoms with Crippen molar-refractivity contribution in [1.82, 2.24) is 5.32 Å². The number of carbonyl (C=O) groups is 1. The van der Waals surface area contributed by atoms with Crippen molar-refractivity contribution in [1.29, 1.82) is 0 Å². The highest BCUT2D eigenvalue weighted by Crippen LogP contribution is 2.34. The Labute approximate surface area is 106 Å². The molecule has 0 bridgehead atoms. The summed E-state index contributed by atoms with van der Waals surface area (Å²) in [5, 5.41) is 12.3. The standard InChI is InChI=1S/C14H18FNO2/c1-2-12(10-5-3-4-6-11(10)15)16-13(14(17)18)9-7-8-9/h3-6,9,12-13,16H,2,7-8H2,1H3,(H,17,18). The van der Waals surface area contributed by atoms with Gasteiger partial charge in [0.1, 0.15) is 11.9 Å². The van der Waals surface area contributed by atoms with Crippen LogP contribution in [-0.4, -0.2) is 17.1 Å². The SMILES string of the molecule is CCC(NC(C(=O)O)C1CC1)c1ccccc1F. The van der Waals surface area contributed by atoms with Crippen LogP contribution in [0, 0.1) is 11.7 Å². The first kappa shape index (κ1) is 13.0. The minimum absolute atomic E-state index is 0.198. The number of carboxylic acid groups (broad SMARTS) is 1. The highest BCUT2D eigenvalue weighted by molar-refractivity contribution is 5.74. The van der Waals surface area contributed by atoms with Gasteiger partial charge in [-0.3, -0.25) is 10.1 Å². The summed E-state index contributed by atoms with van der Waals surface area (Å²) >= 11 is 0. The topological polar surface area (TPSA) is 49.3 Å². The molecule has 1 aliphatic carbocycles. The molecule has 3 nitrogen and oxygen atoms in total. The maximum atomic E-state index is 13.7. The molecule has 4 heteroatoms. The third-order valence-corrected chi connectivity index (χ3v) is 3.43. The van der Waals surface area contributed by atoms with E-state index in [4.69, 9.17) is 0 Å². The lowest BCUT2D eigenvalue weighted by atomic mass is 10.0. The molecular weight excluding hydrogens is 233 g/mol. The van der Waals surface area contributed by atoms with Crippen molar-refractivity contribution in [2.24, 2.45) is 5.92 Å². The maximum Gasteiger partial charge on any atom is 0.320 e. The Bertz CT molecular complexity index is 432. The maximum absolute atomic E-state index is 13.7. The molecule has 2 N–H and O–H groups in total. The van der Waals surface area contributed by atoms with Crippen molar-refractivity contribution in [2.45, 2.75) is 38.3 Å². The molecule has 0 spiro atoms. The van der Waals surface area contributed by atoms with Crippen LogP contribution in [0.5, 0.6) is 0 Å². The third kappa shape index (κ3) is 2.88. The van der Waals surface area contributed by atoms with E-state index in [9.17, 15) is 14.3 Å². The fraction of sp³-hybridized carbons (Fsp3) is 0.500. The van der Waals surface area contributed by atoms with Gasteiger partial charge in [0.15, 0.2) is 0 Å². The minimum Gasteiger partial charge on any atom is -0.480 e. The molecule has 0 heterocycles. The van der Waals surface area contributed by atoms with Crippen molar-refractivity contribution in [3.05, 3.63) is 35.6 Å². The summed E-state index contributed by atoms with van der Waals surface area (Å²) in [5.74, 6) is -0.924. The average molecular weight is 251 g/mol. The molecule has 2 rings (SSSR count). The zero-order chi connectivity index (χ0) is 13.1. The molecule has 98 valence electrons. The molecule has 1 aromatic rings. The van der Waals surface area contributed by atoms with Gasteiger partial charge in [-0.1, -0.05) is 25.1 Å². The Morgan fingerprint density at radius 3 is 2.67 bits per heavy atom. The summed E-state index contributed by atoms with van der Waals surface area (Å²) in [6.07, 6.45) is 2.55. The second-order valence-corrected chi connectivity index (χ2v) is 4.80. The summed E-state index contributed by atoms with van der Waals surface area (Å²) in [5.41, 5.74) is 0.548. The molecule has 1 fully saturated rings. The van der Waals surface area contributed by atoms with Gasteiger partial charge in [0.2, 0.25) is 0 Å². The summed E-state index contributed by atoms with van der Waals surface area (Å²) in [4.78, 5) is 11.2.